The minimum absolute atomic E-state index is 0.0647. The summed E-state index contributed by atoms with van der Waals surface area (Å²) in [6.45, 7) is 4.50. The smallest absolute Gasteiger partial charge is 0.307 e. The Labute approximate surface area is 193 Å². The van der Waals surface area contributed by atoms with E-state index >= 15 is 0 Å². The number of carbonyl (C=O) groups is 3. The molecule has 0 heterocycles. The van der Waals surface area contributed by atoms with E-state index in [9.17, 15) is 14.4 Å². The van der Waals surface area contributed by atoms with E-state index in [-0.39, 0.29) is 42.3 Å². The molecule has 0 aliphatic rings. The van der Waals surface area contributed by atoms with Crippen LogP contribution in [0.4, 0.5) is 0 Å². The zero-order valence-electron chi connectivity index (χ0n) is 18.5. The summed E-state index contributed by atoms with van der Waals surface area (Å²) >= 11 is 1.06. The van der Waals surface area contributed by atoms with Crippen LogP contribution in [0.1, 0.15) is 37.8 Å². The maximum atomic E-state index is 12.6. The van der Waals surface area contributed by atoms with Crippen LogP contribution in [0.25, 0.3) is 6.08 Å². The van der Waals surface area contributed by atoms with Gasteiger partial charge in [0.15, 0.2) is 5.12 Å². The van der Waals surface area contributed by atoms with Crippen LogP contribution in [0, 0.1) is 0 Å². The van der Waals surface area contributed by atoms with Crippen molar-refractivity contribution in [2.45, 2.75) is 33.3 Å². The predicted octanol–water partition coefficient (Wildman–Crippen LogP) is 4.39. The van der Waals surface area contributed by atoms with E-state index in [1.165, 1.54) is 6.92 Å². The lowest BCUT2D eigenvalue weighted by atomic mass is 10.1. The summed E-state index contributed by atoms with van der Waals surface area (Å²) in [6, 6.07) is 16.8. The summed E-state index contributed by atoms with van der Waals surface area (Å²) in [7, 11) is 0. The van der Waals surface area contributed by atoms with Gasteiger partial charge in [0.1, 0.15) is 12.4 Å². The van der Waals surface area contributed by atoms with Crippen molar-refractivity contribution < 1.29 is 23.9 Å². The summed E-state index contributed by atoms with van der Waals surface area (Å²) in [5, 5.41) is 2.67. The number of carbonyl (C=O) groups excluding carboxylic acids is 3. The topological polar surface area (TPSA) is 81.7 Å². The first-order chi connectivity index (χ1) is 15.5. The van der Waals surface area contributed by atoms with E-state index in [2.05, 4.69) is 5.32 Å². The predicted molar refractivity (Wildman–Crippen MR) is 127 cm³/mol. The van der Waals surface area contributed by atoms with Crippen molar-refractivity contribution in [2.75, 3.05) is 18.9 Å². The first-order valence-electron chi connectivity index (χ1n) is 10.5. The minimum Gasteiger partial charge on any atom is -0.494 e. The van der Waals surface area contributed by atoms with Crippen LogP contribution in [0.3, 0.4) is 0 Å². The zero-order valence-corrected chi connectivity index (χ0v) is 19.3. The molecule has 32 heavy (non-hydrogen) atoms. The lowest BCUT2D eigenvalue weighted by molar-refractivity contribution is -0.144. The Morgan fingerprint density at radius 2 is 1.75 bits per heavy atom. The largest absolute Gasteiger partial charge is 0.494 e. The van der Waals surface area contributed by atoms with Gasteiger partial charge in [0.2, 0.25) is 5.91 Å². The fourth-order valence-electron chi connectivity index (χ4n) is 2.64. The Morgan fingerprint density at radius 3 is 2.41 bits per heavy atom. The molecule has 0 aromatic heterocycles. The van der Waals surface area contributed by atoms with Gasteiger partial charge in [-0.15, -0.1) is 0 Å². The molecule has 0 aliphatic heterocycles. The van der Waals surface area contributed by atoms with Crippen LogP contribution in [-0.2, 0) is 25.7 Å². The number of thioether (sulfide) groups is 1. The van der Waals surface area contributed by atoms with Gasteiger partial charge >= 0.3 is 5.97 Å². The molecule has 0 atom stereocenters. The molecular formula is C25H29NO5S. The molecule has 0 saturated heterocycles. The lowest BCUT2D eigenvalue weighted by Gasteiger charge is -2.10. The molecule has 2 aromatic rings. The molecule has 7 heteroatoms. The molecule has 0 saturated carbocycles. The molecule has 170 valence electrons. The third kappa shape index (κ3) is 9.83. The Morgan fingerprint density at radius 1 is 1.03 bits per heavy atom. The molecule has 2 aromatic carbocycles. The average molecular weight is 456 g/mol. The fraction of sp³-hybridized carbons (Fsp3) is 0.320. The molecule has 2 rings (SSSR count). The van der Waals surface area contributed by atoms with Gasteiger partial charge in [-0.2, -0.15) is 0 Å². The van der Waals surface area contributed by atoms with Gasteiger partial charge in [-0.25, -0.2) is 0 Å². The highest BCUT2D eigenvalue weighted by Crippen LogP contribution is 2.17. The normalized spacial score (nSPS) is 11.0. The van der Waals surface area contributed by atoms with Gasteiger partial charge < -0.3 is 14.8 Å². The van der Waals surface area contributed by atoms with Crippen molar-refractivity contribution >= 4 is 34.8 Å². The van der Waals surface area contributed by atoms with Crippen molar-refractivity contribution in [3.8, 4) is 5.75 Å². The van der Waals surface area contributed by atoms with Crippen molar-refractivity contribution in [2.24, 2.45) is 0 Å². The Balaban J connectivity index is 1.89. The maximum Gasteiger partial charge on any atom is 0.307 e. The molecule has 0 radical (unpaired) electrons. The van der Waals surface area contributed by atoms with Gasteiger partial charge in [-0.05, 0) is 35.8 Å². The van der Waals surface area contributed by atoms with Crippen LogP contribution in [0.15, 0.2) is 60.2 Å². The second-order valence-electron chi connectivity index (χ2n) is 7.02. The van der Waals surface area contributed by atoms with E-state index < -0.39 is 0 Å². The van der Waals surface area contributed by atoms with Crippen LogP contribution >= 0.6 is 11.8 Å². The average Bonchev–Trinajstić information content (AvgIpc) is 2.80. The standard InChI is InChI=1S/C25H29NO5S/c1-3-15-30-23-11-9-20(10-12-23)16-22(18-32-19(2)27)25(29)26-14-13-24(28)31-17-21-7-5-4-6-8-21/h4-12,16H,3,13-15,17-18H2,1-2H3,(H,26,29)/b22-16+. The SMILES string of the molecule is CCCOc1ccc(/C=C(\CSC(C)=O)C(=O)NCCC(=O)OCc2ccccc2)cc1. The first-order valence-corrected chi connectivity index (χ1v) is 11.5. The van der Waals surface area contributed by atoms with E-state index in [1.807, 2.05) is 61.5 Å². The molecule has 1 amide bonds. The van der Waals surface area contributed by atoms with Crippen molar-refractivity contribution in [1.82, 2.24) is 5.32 Å². The molecule has 0 unspecified atom stereocenters. The highest BCUT2D eigenvalue weighted by atomic mass is 32.2. The number of hydrogen-bond acceptors (Lipinski definition) is 6. The Hall–Kier alpha value is -3.06. The van der Waals surface area contributed by atoms with Gasteiger partial charge in [0.05, 0.1) is 13.0 Å². The number of rotatable bonds is 12. The van der Waals surface area contributed by atoms with Gasteiger partial charge in [0.25, 0.3) is 0 Å². The lowest BCUT2D eigenvalue weighted by Crippen LogP contribution is -2.28. The maximum absolute atomic E-state index is 12.6. The molecule has 0 fully saturated rings. The monoisotopic (exact) mass is 455 g/mol. The molecule has 6 nitrogen and oxygen atoms in total. The molecular weight excluding hydrogens is 426 g/mol. The van der Waals surface area contributed by atoms with Gasteiger partial charge in [-0.3, -0.25) is 14.4 Å². The number of ether oxygens (including phenoxy) is 2. The molecule has 0 bridgehead atoms. The van der Waals surface area contributed by atoms with E-state index in [0.717, 1.165) is 35.1 Å². The van der Waals surface area contributed by atoms with Crippen molar-refractivity contribution in [3.05, 3.63) is 71.3 Å². The minimum atomic E-state index is -0.388. The number of esters is 1. The first kappa shape index (κ1) is 25.2. The highest BCUT2D eigenvalue weighted by molar-refractivity contribution is 8.13. The molecule has 1 N–H and O–H groups in total. The van der Waals surface area contributed by atoms with Crippen LogP contribution in [-0.4, -0.2) is 35.9 Å². The third-order valence-corrected chi connectivity index (χ3v) is 5.14. The number of amides is 1. The van der Waals surface area contributed by atoms with Crippen LogP contribution in [0.5, 0.6) is 5.75 Å². The Kier molecular flexibility index (Phi) is 11.1. The van der Waals surface area contributed by atoms with Gasteiger partial charge in [0, 0.05) is 24.8 Å². The third-order valence-electron chi connectivity index (χ3n) is 4.27. The van der Waals surface area contributed by atoms with Gasteiger partial charge in [-0.1, -0.05) is 61.2 Å². The van der Waals surface area contributed by atoms with Crippen LogP contribution in [0.2, 0.25) is 0 Å². The fourth-order valence-corrected chi connectivity index (χ4v) is 3.21. The Bertz CT molecular complexity index is 910. The van der Waals surface area contributed by atoms with E-state index in [1.54, 1.807) is 6.08 Å². The number of benzene rings is 2. The van der Waals surface area contributed by atoms with Crippen LogP contribution < -0.4 is 10.1 Å². The number of hydrogen-bond donors (Lipinski definition) is 1. The zero-order chi connectivity index (χ0) is 23.2. The number of nitrogens with one attached hydrogen (secondary N) is 1. The van der Waals surface area contributed by atoms with E-state index in [4.69, 9.17) is 9.47 Å². The second-order valence-corrected chi connectivity index (χ2v) is 8.17. The summed E-state index contributed by atoms with van der Waals surface area (Å²) < 4.78 is 10.8. The summed E-state index contributed by atoms with van der Waals surface area (Å²) in [5.74, 6) is 0.303. The van der Waals surface area contributed by atoms with Crippen molar-refractivity contribution in [1.29, 1.82) is 0 Å². The highest BCUT2D eigenvalue weighted by Gasteiger charge is 2.12. The summed E-state index contributed by atoms with van der Waals surface area (Å²) in [4.78, 5) is 36.0. The summed E-state index contributed by atoms with van der Waals surface area (Å²) in [5.41, 5.74) is 2.18. The summed E-state index contributed by atoms with van der Waals surface area (Å²) in [6.07, 6.45) is 2.73. The van der Waals surface area contributed by atoms with E-state index in [0.29, 0.717) is 12.2 Å². The van der Waals surface area contributed by atoms with Crippen molar-refractivity contribution in [3.63, 3.8) is 0 Å². The molecule has 0 spiro atoms. The second kappa shape index (κ2) is 14.1. The molecule has 0 aliphatic carbocycles. The quantitative estimate of drug-likeness (QED) is 0.378.